The van der Waals surface area contributed by atoms with E-state index in [0.717, 1.165) is 7.05 Å². The van der Waals surface area contributed by atoms with Gasteiger partial charge in [-0.05, 0) is 6.92 Å². The number of hydrogen-bond donors (Lipinski definition) is 1. The zero-order chi connectivity index (χ0) is 11.5. The molecule has 0 saturated carbocycles. The van der Waals surface area contributed by atoms with E-state index in [1.165, 1.54) is 6.92 Å². The van der Waals surface area contributed by atoms with Gasteiger partial charge < -0.3 is 10.0 Å². The number of aliphatic hydroxyl groups excluding tert-OH is 1. The quantitative estimate of drug-likeness (QED) is 0.705. The second-order valence-corrected chi connectivity index (χ2v) is 2.87. The summed E-state index contributed by atoms with van der Waals surface area (Å²) in [5.41, 5.74) is 0. The molecule has 0 spiro atoms. The van der Waals surface area contributed by atoms with Gasteiger partial charge in [-0.1, -0.05) is 0 Å². The minimum Gasteiger partial charge on any atom is -0.394 e. The van der Waals surface area contributed by atoms with Gasteiger partial charge in [-0.3, -0.25) is 4.79 Å². The molecule has 0 aliphatic heterocycles. The second kappa shape index (κ2) is 4.59. The van der Waals surface area contributed by atoms with Crippen molar-refractivity contribution in [3.63, 3.8) is 0 Å². The summed E-state index contributed by atoms with van der Waals surface area (Å²) >= 11 is 0. The van der Waals surface area contributed by atoms with Crippen LogP contribution in [0.5, 0.6) is 0 Å². The van der Waals surface area contributed by atoms with E-state index in [1.54, 1.807) is 0 Å². The lowest BCUT2D eigenvalue weighted by molar-refractivity contribution is -0.181. The van der Waals surface area contributed by atoms with Crippen LogP contribution < -0.4 is 0 Å². The van der Waals surface area contributed by atoms with Crippen LogP contribution in [0.3, 0.4) is 0 Å². The average Bonchev–Trinajstić information content (AvgIpc) is 2.13. The first-order valence-electron chi connectivity index (χ1n) is 3.79. The van der Waals surface area contributed by atoms with Gasteiger partial charge in [-0.25, -0.2) is 8.78 Å². The molecule has 0 fully saturated rings. The molecule has 0 aromatic carbocycles. The highest BCUT2D eigenvalue weighted by Gasteiger charge is 2.51. The molecule has 0 aromatic heterocycles. The minimum absolute atomic E-state index is 0.395. The van der Waals surface area contributed by atoms with E-state index in [1.807, 2.05) is 0 Å². The summed E-state index contributed by atoms with van der Waals surface area (Å²) in [4.78, 5) is 11.2. The number of halogens is 4. The maximum Gasteiger partial charge on any atom is 0.383 e. The zero-order valence-electron chi connectivity index (χ0n) is 7.68. The van der Waals surface area contributed by atoms with Crippen molar-refractivity contribution in [1.29, 1.82) is 0 Å². The smallest absolute Gasteiger partial charge is 0.383 e. The maximum absolute atomic E-state index is 12.5. The Morgan fingerprint density at radius 2 is 1.93 bits per heavy atom. The van der Waals surface area contributed by atoms with Crippen molar-refractivity contribution in [3.8, 4) is 0 Å². The van der Waals surface area contributed by atoms with Crippen molar-refractivity contribution in [2.75, 3.05) is 13.7 Å². The Morgan fingerprint density at radius 3 is 2.21 bits per heavy atom. The van der Waals surface area contributed by atoms with Crippen LogP contribution in [0.1, 0.15) is 6.92 Å². The highest BCUT2D eigenvalue weighted by atomic mass is 19.3. The number of nitrogens with zero attached hydrogens (tertiary/aromatic N) is 1. The molecule has 0 bridgehead atoms. The van der Waals surface area contributed by atoms with E-state index in [-0.39, 0.29) is 0 Å². The van der Waals surface area contributed by atoms with E-state index < -0.39 is 30.9 Å². The predicted octanol–water partition coefficient (Wildman–Crippen LogP) is 0.726. The van der Waals surface area contributed by atoms with Gasteiger partial charge in [-0.15, -0.1) is 0 Å². The summed E-state index contributed by atoms with van der Waals surface area (Å²) in [5, 5.41) is 8.53. The normalized spacial score (nSPS) is 14.3. The van der Waals surface area contributed by atoms with Gasteiger partial charge in [0.2, 0.25) is 0 Å². The molecule has 1 N–H and O–H groups in total. The Hall–Kier alpha value is -0.850. The molecule has 84 valence electrons. The van der Waals surface area contributed by atoms with Crippen LogP contribution in [-0.2, 0) is 4.79 Å². The van der Waals surface area contributed by atoms with Crippen LogP contribution >= 0.6 is 0 Å². The summed E-state index contributed by atoms with van der Waals surface area (Å²) < 4.78 is 48.4. The maximum atomic E-state index is 12.5. The molecular weight excluding hydrogens is 206 g/mol. The van der Waals surface area contributed by atoms with Gasteiger partial charge in [0, 0.05) is 7.05 Å². The average molecular weight is 217 g/mol. The van der Waals surface area contributed by atoms with Crippen LogP contribution in [0.15, 0.2) is 0 Å². The van der Waals surface area contributed by atoms with Crippen LogP contribution in [0.4, 0.5) is 17.6 Å². The van der Waals surface area contributed by atoms with Gasteiger partial charge >= 0.3 is 12.3 Å². The summed E-state index contributed by atoms with van der Waals surface area (Å²) in [6.45, 7) is 0.695. The van der Waals surface area contributed by atoms with Crippen molar-refractivity contribution in [2.45, 2.75) is 25.3 Å². The number of rotatable bonds is 4. The van der Waals surface area contributed by atoms with Crippen molar-refractivity contribution >= 4 is 5.91 Å². The first kappa shape index (κ1) is 13.2. The predicted molar refractivity (Wildman–Crippen MR) is 40.3 cm³/mol. The molecule has 7 heteroatoms. The van der Waals surface area contributed by atoms with E-state index in [2.05, 4.69) is 0 Å². The first-order valence-corrected chi connectivity index (χ1v) is 3.79. The van der Waals surface area contributed by atoms with Crippen LogP contribution in [0, 0.1) is 0 Å². The highest BCUT2D eigenvalue weighted by Crippen LogP contribution is 2.25. The van der Waals surface area contributed by atoms with Crippen molar-refractivity contribution in [2.24, 2.45) is 0 Å². The molecule has 1 atom stereocenters. The lowest BCUT2D eigenvalue weighted by Gasteiger charge is -2.26. The highest BCUT2D eigenvalue weighted by molar-refractivity contribution is 5.84. The summed E-state index contributed by atoms with van der Waals surface area (Å²) in [6.07, 6.45) is -4.04. The van der Waals surface area contributed by atoms with Crippen LogP contribution in [0.25, 0.3) is 0 Å². The van der Waals surface area contributed by atoms with E-state index >= 15 is 0 Å². The molecule has 0 aliphatic carbocycles. The van der Waals surface area contributed by atoms with Gasteiger partial charge in [-0.2, -0.15) is 8.78 Å². The largest absolute Gasteiger partial charge is 0.394 e. The fourth-order valence-corrected chi connectivity index (χ4v) is 0.651. The standard InChI is InChI=1S/C7H11F4NO2/c1-4(3-13)12(2)6(14)7(10,11)5(8)9/h4-5,13H,3H2,1-2H3. The number of amides is 1. The second-order valence-electron chi connectivity index (χ2n) is 2.87. The molecule has 0 rings (SSSR count). The van der Waals surface area contributed by atoms with Crippen LogP contribution in [-0.4, -0.2) is 48.0 Å². The fraction of sp³-hybridized carbons (Fsp3) is 0.857. The Morgan fingerprint density at radius 1 is 1.50 bits per heavy atom. The summed E-state index contributed by atoms with van der Waals surface area (Å²) in [5.74, 6) is -6.69. The van der Waals surface area contributed by atoms with E-state index in [0.29, 0.717) is 4.90 Å². The van der Waals surface area contributed by atoms with Crippen molar-refractivity contribution in [3.05, 3.63) is 0 Å². The van der Waals surface area contributed by atoms with Gasteiger partial charge in [0.25, 0.3) is 5.91 Å². The Balaban J connectivity index is 4.61. The number of alkyl halides is 4. The molecule has 0 heterocycles. The molecule has 0 aliphatic rings. The first-order chi connectivity index (χ1) is 6.25. The molecule has 1 unspecified atom stereocenters. The molecule has 0 saturated heterocycles. The third-order valence-electron chi connectivity index (χ3n) is 1.80. The lowest BCUT2D eigenvalue weighted by Crippen LogP contribution is -2.50. The number of likely N-dealkylation sites (N-methyl/N-ethyl adjacent to an activating group) is 1. The number of aliphatic hydroxyl groups is 1. The Bertz CT molecular complexity index is 210. The van der Waals surface area contributed by atoms with Crippen molar-refractivity contribution in [1.82, 2.24) is 4.90 Å². The SMILES string of the molecule is CC(CO)N(C)C(=O)C(F)(F)C(F)F. The minimum atomic E-state index is -4.70. The lowest BCUT2D eigenvalue weighted by atomic mass is 10.2. The summed E-state index contributed by atoms with van der Waals surface area (Å²) in [7, 11) is 0.930. The monoisotopic (exact) mass is 217 g/mol. The van der Waals surface area contributed by atoms with Crippen LogP contribution in [0.2, 0.25) is 0 Å². The Kier molecular flexibility index (Phi) is 4.31. The number of carbonyl (C=O) groups is 1. The third kappa shape index (κ3) is 2.57. The van der Waals surface area contributed by atoms with E-state index in [4.69, 9.17) is 5.11 Å². The molecule has 0 aromatic rings. The van der Waals surface area contributed by atoms with Crippen molar-refractivity contribution < 1.29 is 27.5 Å². The molecule has 0 radical (unpaired) electrons. The molecule has 3 nitrogen and oxygen atoms in total. The topological polar surface area (TPSA) is 40.5 Å². The molecule has 14 heavy (non-hydrogen) atoms. The fourth-order valence-electron chi connectivity index (χ4n) is 0.651. The Labute approximate surface area is 78.3 Å². The third-order valence-corrected chi connectivity index (χ3v) is 1.80. The van der Waals surface area contributed by atoms with Gasteiger partial charge in [0.15, 0.2) is 0 Å². The van der Waals surface area contributed by atoms with Gasteiger partial charge in [0.1, 0.15) is 0 Å². The summed E-state index contributed by atoms with van der Waals surface area (Å²) in [6, 6.07) is -0.924. The molecular formula is C7H11F4NO2. The number of hydrogen-bond acceptors (Lipinski definition) is 2. The zero-order valence-corrected chi connectivity index (χ0v) is 7.68. The molecule has 1 amide bonds. The number of carbonyl (C=O) groups excluding carboxylic acids is 1. The van der Waals surface area contributed by atoms with Gasteiger partial charge in [0.05, 0.1) is 12.6 Å². The van der Waals surface area contributed by atoms with E-state index in [9.17, 15) is 22.4 Å².